The number of carbonyl (C=O) groups excluding carboxylic acids is 1. The minimum absolute atomic E-state index is 0.0487. The van der Waals surface area contributed by atoms with Gasteiger partial charge in [-0.05, 0) is 64.7 Å². The lowest BCUT2D eigenvalue weighted by molar-refractivity contribution is -0.378. The number of methoxy groups -OCH3 is 1. The zero-order chi connectivity index (χ0) is 39.2. The molecule has 21 atom stereocenters. The summed E-state index contributed by atoms with van der Waals surface area (Å²) in [6.45, 7) is 21.5. The molecule has 3 N–H and O–H groups in total. The van der Waals surface area contributed by atoms with E-state index in [9.17, 15) is 25.2 Å². The number of carboxylic acid groups (broad SMARTS) is 1. The van der Waals surface area contributed by atoms with Gasteiger partial charge >= 0.3 is 0 Å². The Bertz CT molecular complexity index is 1330. The molecule has 0 amide bonds. The van der Waals surface area contributed by atoms with Gasteiger partial charge in [0.25, 0.3) is 0 Å². The van der Waals surface area contributed by atoms with Crippen molar-refractivity contribution in [3.63, 3.8) is 0 Å². The molecule has 0 aromatic rings. The van der Waals surface area contributed by atoms with E-state index in [0.29, 0.717) is 19.3 Å². The first-order valence-corrected chi connectivity index (χ1v) is 20.4. The molecular weight excluding hydrogens is 684 g/mol. The molecule has 0 saturated carbocycles. The molecule has 6 aliphatic heterocycles. The Hall–Kier alpha value is -0.930. The van der Waals surface area contributed by atoms with E-state index in [1.807, 2.05) is 27.7 Å². The van der Waals surface area contributed by atoms with E-state index in [0.717, 1.165) is 25.7 Å². The van der Waals surface area contributed by atoms with Crippen molar-refractivity contribution in [1.29, 1.82) is 0 Å². The van der Waals surface area contributed by atoms with Gasteiger partial charge in [-0.15, -0.1) is 0 Å². The molecule has 53 heavy (non-hydrogen) atoms. The molecule has 0 unspecified atom stereocenters. The number of aliphatic hydroxyl groups excluding tert-OH is 1. The van der Waals surface area contributed by atoms with Crippen LogP contribution in [0, 0.1) is 47.3 Å². The van der Waals surface area contributed by atoms with E-state index in [1.165, 1.54) is 6.92 Å². The fourth-order valence-corrected chi connectivity index (χ4v) is 11.5. The number of carbonyl (C=O) groups is 1. The van der Waals surface area contributed by atoms with Crippen molar-refractivity contribution in [3.05, 3.63) is 0 Å². The van der Waals surface area contributed by atoms with Gasteiger partial charge in [-0.3, -0.25) is 0 Å². The van der Waals surface area contributed by atoms with Gasteiger partial charge in [0.05, 0.1) is 66.0 Å². The fraction of sp³-hybridized carbons (Fsp3) is 0.976. The van der Waals surface area contributed by atoms with Crippen molar-refractivity contribution in [2.24, 2.45) is 47.3 Å². The van der Waals surface area contributed by atoms with Crippen LogP contribution in [0.4, 0.5) is 0 Å². The highest BCUT2D eigenvalue weighted by Crippen LogP contribution is 2.55. The maximum atomic E-state index is 12.0. The SMILES string of the molecule is CO[C@H]1[C@@H](C)[C@@H]([C@H](C)[C@H]2O[C@@]3(CC[C@@](C)([C@H]4CC[C@@](C)([C@@H]5O[C@@H]([C@H]6O[C@](C)(O)[C@H](C)C[C@@H]6C)C[C@@H]5C)O4)O3)C[C@H](O)[C@H]2C)O[C@@](O)([C@H](C)C(=O)[O-])[C@@H]1C. The highest BCUT2D eigenvalue weighted by atomic mass is 16.7. The minimum atomic E-state index is -2.02. The number of aliphatic carboxylic acids is 1. The Kier molecular flexibility index (Phi) is 11.4. The summed E-state index contributed by atoms with van der Waals surface area (Å²) >= 11 is 0. The lowest BCUT2D eigenvalue weighted by Crippen LogP contribution is -2.65. The molecule has 6 aliphatic rings. The largest absolute Gasteiger partial charge is 0.550 e. The van der Waals surface area contributed by atoms with E-state index in [4.69, 9.17) is 33.2 Å². The van der Waals surface area contributed by atoms with Gasteiger partial charge < -0.3 is 58.4 Å². The van der Waals surface area contributed by atoms with Crippen LogP contribution in [-0.4, -0.2) is 106 Å². The summed E-state index contributed by atoms with van der Waals surface area (Å²) in [5, 5.41) is 46.2. The summed E-state index contributed by atoms with van der Waals surface area (Å²) in [7, 11) is 1.56. The first-order chi connectivity index (χ1) is 24.5. The van der Waals surface area contributed by atoms with Crippen molar-refractivity contribution >= 4 is 5.97 Å². The average Bonchev–Trinajstić information content (AvgIpc) is 3.78. The number of hydrogen-bond acceptors (Lipinski definition) is 12. The van der Waals surface area contributed by atoms with Crippen molar-refractivity contribution in [2.45, 2.75) is 199 Å². The van der Waals surface area contributed by atoms with Crippen LogP contribution in [-0.2, 0) is 38.0 Å². The van der Waals surface area contributed by atoms with Crippen LogP contribution < -0.4 is 5.11 Å². The summed E-state index contributed by atoms with van der Waals surface area (Å²) < 4.78 is 46.3. The second-order valence-corrected chi connectivity index (χ2v) is 19.1. The fourth-order valence-electron chi connectivity index (χ4n) is 11.5. The summed E-state index contributed by atoms with van der Waals surface area (Å²) in [5.41, 5.74) is -1.20. The molecular formula is C41H69O12-. The third-order valence-electron chi connectivity index (χ3n) is 15.2. The zero-order valence-corrected chi connectivity index (χ0v) is 34.2. The Morgan fingerprint density at radius 2 is 1.51 bits per heavy atom. The van der Waals surface area contributed by atoms with Crippen LogP contribution in [0.1, 0.15) is 121 Å². The molecule has 6 heterocycles. The molecule has 6 rings (SSSR count). The number of aliphatic hydroxyl groups is 3. The van der Waals surface area contributed by atoms with Gasteiger partial charge in [0, 0.05) is 55.5 Å². The number of ether oxygens (including phenoxy) is 7. The molecule has 6 fully saturated rings. The molecule has 12 heteroatoms. The third kappa shape index (κ3) is 7.16. The lowest BCUT2D eigenvalue weighted by Gasteiger charge is -2.55. The maximum absolute atomic E-state index is 12.0. The first kappa shape index (κ1) is 41.7. The van der Waals surface area contributed by atoms with E-state index in [2.05, 4.69) is 27.7 Å². The van der Waals surface area contributed by atoms with Crippen LogP contribution in [0.5, 0.6) is 0 Å². The first-order valence-electron chi connectivity index (χ1n) is 20.4. The van der Waals surface area contributed by atoms with Crippen molar-refractivity contribution in [3.8, 4) is 0 Å². The van der Waals surface area contributed by atoms with Gasteiger partial charge in [0.15, 0.2) is 17.4 Å². The van der Waals surface area contributed by atoms with Gasteiger partial charge in [0.1, 0.15) is 0 Å². The molecule has 0 bridgehead atoms. The van der Waals surface area contributed by atoms with Gasteiger partial charge in [0.2, 0.25) is 0 Å². The van der Waals surface area contributed by atoms with Crippen LogP contribution in [0.25, 0.3) is 0 Å². The Labute approximate surface area is 316 Å². The summed E-state index contributed by atoms with van der Waals surface area (Å²) in [5.74, 6) is -7.89. The average molecular weight is 754 g/mol. The second kappa shape index (κ2) is 14.5. The Balaban J connectivity index is 1.15. The summed E-state index contributed by atoms with van der Waals surface area (Å²) in [6.07, 6.45) is 1.87. The monoisotopic (exact) mass is 753 g/mol. The van der Waals surface area contributed by atoms with Crippen molar-refractivity contribution in [1.82, 2.24) is 0 Å². The van der Waals surface area contributed by atoms with Crippen molar-refractivity contribution in [2.75, 3.05) is 7.11 Å². The predicted molar refractivity (Wildman–Crippen MR) is 192 cm³/mol. The standard InChI is InChI=1S/C41H70O12/c1-20-17-22(3)39(11,45)50-31(20)29-18-21(2)35(48-29)38(10)14-13-30(49-38)37(9)15-16-40(53-37)19-28(42)23(4)32(51-40)24(5)33-25(6)34(47-12)26(7)41(46,52-33)27(8)36(43)44/h20-35,42,45-46H,13-19H2,1-12H3,(H,43,44)/p-1/t20-,21-,22+,23+,24+,25-,26+,27+,28-,29+,30+,31-,32-,33+,34-,35+,37-,38-,39-,40+,41+/m0/s1. The van der Waals surface area contributed by atoms with Crippen LogP contribution >= 0.6 is 0 Å². The lowest BCUT2D eigenvalue weighted by atomic mass is 9.71. The molecule has 0 aliphatic carbocycles. The highest BCUT2D eigenvalue weighted by molar-refractivity contribution is 5.68. The molecule has 1 spiro atoms. The van der Waals surface area contributed by atoms with E-state index in [-0.39, 0.29) is 59.9 Å². The maximum Gasteiger partial charge on any atom is 0.178 e. The molecule has 0 aromatic carbocycles. The van der Waals surface area contributed by atoms with Crippen LogP contribution in [0.2, 0.25) is 0 Å². The van der Waals surface area contributed by atoms with Crippen LogP contribution in [0.15, 0.2) is 0 Å². The van der Waals surface area contributed by atoms with Gasteiger partial charge in [-0.2, -0.15) is 0 Å². The molecule has 306 valence electrons. The van der Waals surface area contributed by atoms with E-state index < -0.39 is 70.8 Å². The predicted octanol–water partition coefficient (Wildman–Crippen LogP) is 3.94. The van der Waals surface area contributed by atoms with Gasteiger partial charge in [-0.1, -0.05) is 55.4 Å². The molecule has 12 nitrogen and oxygen atoms in total. The molecule has 6 saturated heterocycles. The van der Waals surface area contributed by atoms with E-state index >= 15 is 0 Å². The third-order valence-corrected chi connectivity index (χ3v) is 15.2. The Morgan fingerprint density at radius 3 is 2.15 bits per heavy atom. The highest BCUT2D eigenvalue weighted by Gasteiger charge is 2.63. The Morgan fingerprint density at radius 1 is 0.849 bits per heavy atom. The second-order valence-electron chi connectivity index (χ2n) is 19.1. The minimum Gasteiger partial charge on any atom is -0.550 e. The van der Waals surface area contributed by atoms with Crippen molar-refractivity contribution < 1.29 is 58.4 Å². The summed E-state index contributed by atoms with van der Waals surface area (Å²) in [6, 6.07) is 0. The normalized spacial score (nSPS) is 56.1. The van der Waals surface area contributed by atoms with E-state index in [1.54, 1.807) is 21.0 Å². The van der Waals surface area contributed by atoms with Gasteiger partial charge in [-0.25, -0.2) is 0 Å². The number of carboxylic acids is 1. The summed E-state index contributed by atoms with van der Waals surface area (Å²) in [4.78, 5) is 12.0. The number of rotatable bonds is 8. The quantitative estimate of drug-likeness (QED) is 0.328. The zero-order valence-electron chi connectivity index (χ0n) is 34.2. The van der Waals surface area contributed by atoms with Crippen LogP contribution in [0.3, 0.4) is 0 Å². The number of hydrogen-bond donors (Lipinski definition) is 3. The smallest absolute Gasteiger partial charge is 0.178 e. The topological polar surface area (TPSA) is 165 Å². The molecule has 0 aromatic heterocycles. The molecule has 0 radical (unpaired) electrons.